The summed E-state index contributed by atoms with van der Waals surface area (Å²) in [7, 11) is 0. The lowest BCUT2D eigenvalue weighted by Gasteiger charge is -2.16. The molecular formula is C19H20N4O2. The Bertz CT molecular complexity index is 1220. The second-order valence-corrected chi connectivity index (χ2v) is 6.65. The van der Waals surface area contributed by atoms with Crippen molar-refractivity contribution in [2.45, 2.75) is 26.2 Å². The lowest BCUT2D eigenvalue weighted by atomic mass is 9.90. The smallest absolute Gasteiger partial charge is 0.272 e. The van der Waals surface area contributed by atoms with Gasteiger partial charge in [0.2, 0.25) is 0 Å². The zero-order valence-electron chi connectivity index (χ0n) is 16.2. The van der Waals surface area contributed by atoms with E-state index >= 15 is 0 Å². The predicted octanol–water partition coefficient (Wildman–Crippen LogP) is 0.741. The number of nitrogens with one attached hydrogen (secondary N) is 3. The molecule has 0 fully saturated rings. The molecule has 25 heavy (non-hydrogen) atoms. The third-order valence-corrected chi connectivity index (χ3v) is 3.61. The molecule has 2 heterocycles. The second-order valence-electron chi connectivity index (χ2n) is 6.65. The van der Waals surface area contributed by atoms with Crippen molar-refractivity contribution >= 4 is 12.1 Å². The van der Waals surface area contributed by atoms with E-state index in [-0.39, 0.29) is 28.2 Å². The van der Waals surface area contributed by atoms with E-state index in [1.54, 1.807) is 30.3 Å². The fourth-order valence-electron chi connectivity index (χ4n) is 2.39. The zero-order valence-corrected chi connectivity index (χ0v) is 14.2. The van der Waals surface area contributed by atoms with Crippen LogP contribution in [0.3, 0.4) is 0 Å². The van der Waals surface area contributed by atoms with Gasteiger partial charge in [-0.05, 0) is 17.7 Å². The maximum absolute atomic E-state index is 12.5. The van der Waals surface area contributed by atoms with Crippen molar-refractivity contribution in [1.29, 1.82) is 0 Å². The van der Waals surface area contributed by atoms with Crippen LogP contribution in [0.25, 0.3) is 12.1 Å². The summed E-state index contributed by atoms with van der Waals surface area (Å²) < 4.78 is 16.5. The molecule has 0 saturated carbocycles. The summed E-state index contributed by atoms with van der Waals surface area (Å²) in [5.41, 5.74) is -0.123. The minimum absolute atomic E-state index is 0.0952. The summed E-state index contributed by atoms with van der Waals surface area (Å²) in [6, 6.07) is 8.35. The van der Waals surface area contributed by atoms with E-state index in [2.05, 4.69) is 19.9 Å². The van der Waals surface area contributed by atoms with Crippen LogP contribution in [0, 0.1) is 0 Å². The van der Waals surface area contributed by atoms with E-state index in [4.69, 9.17) is 2.74 Å². The molecule has 0 unspecified atom stereocenters. The molecule has 0 aliphatic rings. The Labute approximate surface area is 146 Å². The number of hydrogen-bond donors (Lipinski definition) is 3. The molecule has 1 aromatic carbocycles. The van der Waals surface area contributed by atoms with Crippen LogP contribution >= 0.6 is 0 Å². The van der Waals surface area contributed by atoms with E-state index in [9.17, 15) is 9.59 Å². The Morgan fingerprint density at radius 2 is 1.60 bits per heavy atom. The molecule has 3 aromatic rings. The molecule has 0 bridgehead atoms. The molecule has 0 atom stereocenters. The Kier molecular flexibility index (Phi) is 3.63. The SMILES string of the molecule is [2H]C(c1ccccc1)=c1[nH]c(=O)c(=C([2H])c2nc[nH]c2C(C)(C)C)[nH]c1=O. The van der Waals surface area contributed by atoms with Gasteiger partial charge in [0.1, 0.15) is 10.7 Å². The molecule has 2 aromatic heterocycles. The van der Waals surface area contributed by atoms with Gasteiger partial charge in [-0.1, -0.05) is 51.1 Å². The summed E-state index contributed by atoms with van der Waals surface area (Å²) in [6.07, 6.45) is 1.45. The highest BCUT2D eigenvalue weighted by atomic mass is 16.1. The van der Waals surface area contributed by atoms with Crippen molar-refractivity contribution < 1.29 is 2.74 Å². The van der Waals surface area contributed by atoms with Gasteiger partial charge in [0.25, 0.3) is 11.1 Å². The molecule has 3 N–H and O–H groups in total. The molecule has 6 heteroatoms. The van der Waals surface area contributed by atoms with Gasteiger partial charge in [-0.15, -0.1) is 0 Å². The van der Waals surface area contributed by atoms with Crippen molar-refractivity contribution in [3.05, 3.63) is 85.0 Å². The normalized spacial score (nSPS) is 15.3. The predicted molar refractivity (Wildman–Crippen MR) is 97.8 cm³/mol. The van der Waals surface area contributed by atoms with Gasteiger partial charge in [-0.2, -0.15) is 0 Å². The largest absolute Gasteiger partial charge is 0.348 e. The number of H-pyrrole nitrogens is 3. The van der Waals surface area contributed by atoms with Gasteiger partial charge < -0.3 is 15.0 Å². The molecule has 0 saturated heterocycles. The third kappa shape index (κ3) is 3.68. The molecule has 0 radical (unpaired) electrons. The topological polar surface area (TPSA) is 94.4 Å². The minimum atomic E-state index is -0.654. The standard InChI is InChI=1S/C19H20N4O2/c1-19(2,3)16-13(20-11-21-16)10-15-18(25)22-14(17(24)23-15)9-12-7-5-4-6-8-12/h4-11H,1-3H3,(H,20,21)(H,22,25)(H,23,24)/i9D,10D. The van der Waals surface area contributed by atoms with Crippen molar-refractivity contribution in [2.75, 3.05) is 0 Å². The molecule has 0 spiro atoms. The van der Waals surface area contributed by atoms with Crippen molar-refractivity contribution in [2.24, 2.45) is 0 Å². The average Bonchev–Trinajstić information content (AvgIpc) is 3.13. The van der Waals surface area contributed by atoms with Crippen LogP contribution in [0.1, 0.15) is 40.5 Å². The number of hydrogen-bond acceptors (Lipinski definition) is 3. The van der Waals surface area contributed by atoms with E-state index in [0.29, 0.717) is 17.0 Å². The number of nitrogens with zero attached hydrogens (tertiary/aromatic N) is 1. The van der Waals surface area contributed by atoms with Gasteiger partial charge in [-0.3, -0.25) is 9.59 Å². The summed E-state index contributed by atoms with van der Waals surface area (Å²) in [6.45, 7) is 5.86. The van der Waals surface area contributed by atoms with E-state index in [1.165, 1.54) is 6.33 Å². The molecule has 3 rings (SSSR count). The number of aromatic nitrogens is 4. The van der Waals surface area contributed by atoms with Crippen LogP contribution in [-0.2, 0) is 5.41 Å². The van der Waals surface area contributed by atoms with Crippen LogP contribution < -0.4 is 21.8 Å². The Balaban J connectivity index is 2.29. The molecular weight excluding hydrogens is 316 g/mol. The molecule has 0 aliphatic heterocycles. The molecule has 128 valence electrons. The van der Waals surface area contributed by atoms with Crippen LogP contribution in [0.2, 0.25) is 0 Å². The third-order valence-electron chi connectivity index (χ3n) is 3.61. The number of imidazole rings is 1. The van der Waals surface area contributed by atoms with Crippen molar-refractivity contribution in [3.8, 4) is 0 Å². The molecule has 0 amide bonds. The summed E-state index contributed by atoms with van der Waals surface area (Å²) in [4.78, 5) is 37.0. The first-order chi connectivity index (χ1) is 12.7. The highest BCUT2D eigenvalue weighted by Gasteiger charge is 2.19. The summed E-state index contributed by atoms with van der Waals surface area (Å²) in [5, 5.41) is -0.344. The van der Waals surface area contributed by atoms with Gasteiger partial charge >= 0.3 is 0 Å². The van der Waals surface area contributed by atoms with Gasteiger partial charge in [0.05, 0.1) is 14.8 Å². The maximum atomic E-state index is 12.5. The first-order valence-corrected chi connectivity index (χ1v) is 7.84. The Morgan fingerprint density at radius 1 is 1.00 bits per heavy atom. The first-order valence-electron chi connectivity index (χ1n) is 8.84. The molecule has 0 aliphatic carbocycles. The van der Waals surface area contributed by atoms with Gasteiger partial charge in [0.15, 0.2) is 0 Å². The quantitative estimate of drug-likeness (QED) is 0.643. The van der Waals surface area contributed by atoms with Crippen molar-refractivity contribution in [3.63, 3.8) is 0 Å². The van der Waals surface area contributed by atoms with E-state index in [0.717, 1.165) is 0 Å². The fraction of sp³-hybridized carbons (Fsp3) is 0.211. The summed E-state index contributed by atoms with van der Waals surface area (Å²) in [5.74, 6) is 0. The van der Waals surface area contributed by atoms with Gasteiger partial charge in [-0.25, -0.2) is 4.98 Å². The fourth-order valence-corrected chi connectivity index (χ4v) is 2.39. The number of benzene rings is 1. The van der Waals surface area contributed by atoms with Crippen LogP contribution in [-0.4, -0.2) is 19.9 Å². The Hall–Kier alpha value is -3.15. The lowest BCUT2D eigenvalue weighted by Crippen LogP contribution is -2.46. The van der Waals surface area contributed by atoms with Crippen LogP contribution in [0.5, 0.6) is 0 Å². The zero-order chi connectivity index (χ0) is 19.8. The molecule has 6 nitrogen and oxygen atoms in total. The minimum Gasteiger partial charge on any atom is -0.348 e. The maximum Gasteiger partial charge on any atom is 0.272 e. The monoisotopic (exact) mass is 338 g/mol. The Morgan fingerprint density at radius 3 is 2.20 bits per heavy atom. The van der Waals surface area contributed by atoms with Crippen LogP contribution in [0.15, 0.2) is 46.2 Å². The highest BCUT2D eigenvalue weighted by molar-refractivity contribution is 5.49. The average molecular weight is 338 g/mol. The highest BCUT2D eigenvalue weighted by Crippen LogP contribution is 2.22. The van der Waals surface area contributed by atoms with Crippen LogP contribution in [0.4, 0.5) is 0 Å². The first kappa shape index (κ1) is 14.2. The lowest BCUT2D eigenvalue weighted by molar-refractivity contribution is 0.571. The second kappa shape index (κ2) is 6.39. The van der Waals surface area contributed by atoms with E-state index in [1.807, 2.05) is 20.8 Å². The van der Waals surface area contributed by atoms with E-state index < -0.39 is 11.1 Å². The number of aromatic amines is 3. The summed E-state index contributed by atoms with van der Waals surface area (Å²) >= 11 is 0. The van der Waals surface area contributed by atoms with Crippen molar-refractivity contribution in [1.82, 2.24) is 19.9 Å². The van der Waals surface area contributed by atoms with Gasteiger partial charge in [0, 0.05) is 11.1 Å². The number of rotatable bonds is 2.